The van der Waals surface area contributed by atoms with E-state index in [1.807, 2.05) is 6.92 Å². The zero-order chi connectivity index (χ0) is 15.6. The summed E-state index contributed by atoms with van der Waals surface area (Å²) in [6, 6.07) is 4.40. The Hall–Kier alpha value is -1.05. The van der Waals surface area contributed by atoms with E-state index in [4.69, 9.17) is 5.11 Å². The Labute approximate surface area is 129 Å². The minimum atomic E-state index is -3.64. The standard InChI is InChI=1S/C14H19NO4S2/c1-3-11-9-15(7-8-20-11)21(18,19)13-6-4-5-12(10(13)2)14(16)17/h4-6,11H,3,7-9H2,1-2H3,(H,16,17). The zero-order valence-corrected chi connectivity index (χ0v) is 13.7. The minimum Gasteiger partial charge on any atom is -0.478 e. The fraction of sp³-hybridized carbons (Fsp3) is 0.500. The van der Waals surface area contributed by atoms with E-state index in [1.165, 1.54) is 22.5 Å². The van der Waals surface area contributed by atoms with E-state index < -0.39 is 16.0 Å². The molecule has 0 amide bonds. The molecule has 0 spiro atoms. The molecule has 0 bridgehead atoms. The number of nitrogens with zero attached hydrogens (tertiary/aromatic N) is 1. The van der Waals surface area contributed by atoms with Gasteiger partial charge in [-0.15, -0.1) is 0 Å². The van der Waals surface area contributed by atoms with Gasteiger partial charge in [0.15, 0.2) is 0 Å². The van der Waals surface area contributed by atoms with Gasteiger partial charge in [-0.2, -0.15) is 16.1 Å². The summed E-state index contributed by atoms with van der Waals surface area (Å²) in [7, 11) is -3.64. The summed E-state index contributed by atoms with van der Waals surface area (Å²) in [6.07, 6.45) is 0.921. The number of hydrogen-bond donors (Lipinski definition) is 1. The van der Waals surface area contributed by atoms with Crippen molar-refractivity contribution in [3.8, 4) is 0 Å². The van der Waals surface area contributed by atoms with Gasteiger partial charge in [-0.1, -0.05) is 13.0 Å². The second-order valence-corrected chi connectivity index (χ2v) is 8.31. The molecule has 1 fully saturated rings. The molecule has 1 heterocycles. The first-order valence-corrected chi connectivity index (χ1v) is 9.31. The Morgan fingerprint density at radius 3 is 2.81 bits per heavy atom. The average Bonchev–Trinajstić information content (AvgIpc) is 2.47. The molecule has 1 aromatic rings. The first-order chi connectivity index (χ1) is 9.87. The van der Waals surface area contributed by atoms with Crippen LogP contribution in [-0.4, -0.2) is 47.9 Å². The maximum Gasteiger partial charge on any atom is 0.335 e. The Balaban J connectivity index is 2.40. The minimum absolute atomic E-state index is 0.0366. The lowest BCUT2D eigenvalue weighted by atomic mass is 10.1. The van der Waals surface area contributed by atoms with Gasteiger partial charge < -0.3 is 5.11 Å². The highest BCUT2D eigenvalue weighted by molar-refractivity contribution is 8.00. The lowest BCUT2D eigenvalue weighted by Gasteiger charge is -2.31. The lowest BCUT2D eigenvalue weighted by Crippen LogP contribution is -2.42. The van der Waals surface area contributed by atoms with Gasteiger partial charge in [0.1, 0.15) is 0 Å². The van der Waals surface area contributed by atoms with Crippen molar-refractivity contribution in [2.45, 2.75) is 30.4 Å². The van der Waals surface area contributed by atoms with Crippen LogP contribution in [0.4, 0.5) is 0 Å². The van der Waals surface area contributed by atoms with Crippen LogP contribution in [0.3, 0.4) is 0 Å². The fourth-order valence-electron chi connectivity index (χ4n) is 2.42. The molecule has 0 radical (unpaired) electrons. The highest BCUT2D eigenvalue weighted by atomic mass is 32.2. The van der Waals surface area contributed by atoms with Crippen LogP contribution >= 0.6 is 11.8 Å². The smallest absolute Gasteiger partial charge is 0.335 e. The normalized spacial score (nSPS) is 20.4. The maximum atomic E-state index is 12.8. The zero-order valence-electron chi connectivity index (χ0n) is 12.1. The predicted molar refractivity (Wildman–Crippen MR) is 83.4 cm³/mol. The van der Waals surface area contributed by atoms with E-state index in [9.17, 15) is 13.2 Å². The molecule has 2 rings (SSSR count). The molecule has 1 saturated heterocycles. The van der Waals surface area contributed by atoms with Crippen molar-refractivity contribution in [2.24, 2.45) is 0 Å². The van der Waals surface area contributed by atoms with Crippen LogP contribution in [0.15, 0.2) is 23.1 Å². The molecule has 1 aliphatic heterocycles. The number of aromatic carboxylic acids is 1. The SMILES string of the molecule is CCC1CN(S(=O)(=O)c2cccc(C(=O)O)c2C)CCS1. The topological polar surface area (TPSA) is 74.7 Å². The monoisotopic (exact) mass is 329 g/mol. The van der Waals surface area contributed by atoms with Crippen molar-refractivity contribution in [3.05, 3.63) is 29.3 Å². The van der Waals surface area contributed by atoms with Crippen LogP contribution in [-0.2, 0) is 10.0 Å². The number of rotatable bonds is 4. The van der Waals surface area contributed by atoms with Gasteiger partial charge in [0, 0.05) is 24.1 Å². The maximum absolute atomic E-state index is 12.8. The van der Waals surface area contributed by atoms with Gasteiger partial charge in [-0.05, 0) is 31.0 Å². The quantitative estimate of drug-likeness (QED) is 0.916. The number of carboxylic acid groups (broad SMARTS) is 1. The number of sulfonamides is 1. The lowest BCUT2D eigenvalue weighted by molar-refractivity contribution is 0.0696. The van der Waals surface area contributed by atoms with Gasteiger partial charge >= 0.3 is 5.97 Å². The number of thioether (sulfide) groups is 1. The summed E-state index contributed by atoms with van der Waals surface area (Å²) in [5.74, 6) is -0.333. The highest BCUT2D eigenvalue weighted by Crippen LogP contribution is 2.28. The van der Waals surface area contributed by atoms with E-state index in [0.717, 1.165) is 12.2 Å². The Kier molecular flexibility index (Phi) is 4.95. The third-order valence-corrected chi connectivity index (χ3v) is 7.07. The number of carboxylic acids is 1. The molecular formula is C14H19NO4S2. The summed E-state index contributed by atoms with van der Waals surface area (Å²) in [6.45, 7) is 4.55. The van der Waals surface area contributed by atoms with Crippen molar-refractivity contribution in [2.75, 3.05) is 18.8 Å². The molecule has 0 aromatic heterocycles. The van der Waals surface area contributed by atoms with Gasteiger partial charge in [-0.3, -0.25) is 0 Å². The predicted octanol–water partition coefficient (Wildman–Crippen LogP) is 2.21. The second-order valence-electron chi connectivity index (χ2n) is 5.00. The fourth-order valence-corrected chi connectivity index (χ4v) is 5.55. The summed E-state index contributed by atoms with van der Waals surface area (Å²) < 4.78 is 27.0. The van der Waals surface area contributed by atoms with Gasteiger partial charge in [-0.25, -0.2) is 13.2 Å². The molecule has 1 N–H and O–H groups in total. The second kappa shape index (κ2) is 6.37. The van der Waals surface area contributed by atoms with Crippen LogP contribution in [0, 0.1) is 6.92 Å². The molecule has 21 heavy (non-hydrogen) atoms. The van der Waals surface area contributed by atoms with Crippen molar-refractivity contribution in [3.63, 3.8) is 0 Å². The molecule has 7 heteroatoms. The van der Waals surface area contributed by atoms with E-state index >= 15 is 0 Å². The van der Waals surface area contributed by atoms with Crippen molar-refractivity contribution in [1.82, 2.24) is 4.31 Å². The van der Waals surface area contributed by atoms with E-state index in [2.05, 4.69) is 0 Å². The Morgan fingerprint density at radius 2 is 2.19 bits per heavy atom. The first-order valence-electron chi connectivity index (χ1n) is 6.82. The average molecular weight is 329 g/mol. The summed E-state index contributed by atoms with van der Waals surface area (Å²) in [5, 5.41) is 9.44. The third-order valence-electron chi connectivity index (χ3n) is 3.69. The molecule has 1 aromatic carbocycles. The molecule has 116 valence electrons. The van der Waals surface area contributed by atoms with E-state index in [0.29, 0.717) is 23.9 Å². The molecule has 0 aliphatic carbocycles. The molecule has 0 saturated carbocycles. The van der Waals surface area contributed by atoms with Gasteiger partial charge in [0.05, 0.1) is 10.5 Å². The van der Waals surface area contributed by atoms with Gasteiger partial charge in [0.25, 0.3) is 0 Å². The summed E-state index contributed by atoms with van der Waals surface area (Å²) >= 11 is 1.79. The van der Waals surface area contributed by atoms with Crippen LogP contribution in [0.5, 0.6) is 0 Å². The van der Waals surface area contributed by atoms with Crippen LogP contribution in [0.25, 0.3) is 0 Å². The molecule has 1 aliphatic rings. The van der Waals surface area contributed by atoms with Crippen LogP contribution in [0.1, 0.15) is 29.3 Å². The number of benzene rings is 1. The van der Waals surface area contributed by atoms with Crippen molar-refractivity contribution < 1.29 is 18.3 Å². The third kappa shape index (κ3) is 3.25. The van der Waals surface area contributed by atoms with Crippen molar-refractivity contribution in [1.29, 1.82) is 0 Å². The highest BCUT2D eigenvalue weighted by Gasteiger charge is 2.31. The van der Waals surface area contributed by atoms with Gasteiger partial charge in [0.2, 0.25) is 10.0 Å². The van der Waals surface area contributed by atoms with Crippen LogP contribution in [0.2, 0.25) is 0 Å². The summed E-state index contributed by atoms with van der Waals surface area (Å²) in [5.41, 5.74) is 0.339. The van der Waals surface area contributed by atoms with E-state index in [-0.39, 0.29) is 10.5 Å². The Bertz CT molecular complexity index is 642. The first kappa shape index (κ1) is 16.3. The molecule has 1 atom stereocenters. The molecular weight excluding hydrogens is 310 g/mol. The number of hydrogen-bond acceptors (Lipinski definition) is 4. The molecule has 5 nitrogen and oxygen atoms in total. The van der Waals surface area contributed by atoms with E-state index in [1.54, 1.807) is 18.7 Å². The molecule has 1 unspecified atom stereocenters. The van der Waals surface area contributed by atoms with Crippen LogP contribution < -0.4 is 0 Å². The van der Waals surface area contributed by atoms with Crippen molar-refractivity contribution >= 4 is 27.8 Å². The Morgan fingerprint density at radius 1 is 1.48 bits per heavy atom. The summed E-state index contributed by atoms with van der Waals surface area (Å²) in [4.78, 5) is 11.3. The number of carbonyl (C=O) groups is 1. The largest absolute Gasteiger partial charge is 0.478 e.